The fraction of sp³-hybridized carbons (Fsp3) is 0.625. The summed E-state index contributed by atoms with van der Waals surface area (Å²) in [5, 5.41) is 3.38. The quantitative estimate of drug-likeness (QED) is 0.926. The summed E-state index contributed by atoms with van der Waals surface area (Å²) in [6.07, 6.45) is 0. The van der Waals surface area contributed by atoms with Crippen LogP contribution in [0.15, 0.2) is 18.2 Å². The third-order valence-electron chi connectivity index (χ3n) is 3.83. The number of nitrogens with one attached hydrogen (secondary N) is 1. The molecule has 5 heteroatoms. The van der Waals surface area contributed by atoms with Crippen LogP contribution in [0, 0.1) is 11.2 Å². The van der Waals surface area contributed by atoms with E-state index in [1.54, 1.807) is 0 Å². The van der Waals surface area contributed by atoms with Gasteiger partial charge in [-0.25, -0.2) is 4.39 Å². The van der Waals surface area contributed by atoms with Crippen LogP contribution in [-0.4, -0.2) is 38.2 Å². The summed E-state index contributed by atoms with van der Waals surface area (Å²) in [6.45, 7) is 10.7. The molecule has 1 N–H and O–H groups in total. The van der Waals surface area contributed by atoms with Gasteiger partial charge in [-0.05, 0) is 23.1 Å². The minimum atomic E-state index is -0.302. The zero-order chi connectivity index (χ0) is 14.8. The lowest BCUT2D eigenvalue weighted by atomic mass is 9.81. The molecule has 1 fully saturated rings. The van der Waals surface area contributed by atoms with Gasteiger partial charge in [0.25, 0.3) is 0 Å². The van der Waals surface area contributed by atoms with E-state index in [2.05, 4.69) is 31.0 Å². The summed E-state index contributed by atoms with van der Waals surface area (Å²) in [6, 6.07) is 5.50. The van der Waals surface area contributed by atoms with Crippen molar-refractivity contribution < 1.29 is 9.13 Å². The second-order valence-electron chi connectivity index (χ2n) is 6.45. The lowest BCUT2D eigenvalue weighted by Gasteiger charge is -2.42. The molecule has 3 nitrogen and oxygen atoms in total. The van der Waals surface area contributed by atoms with Gasteiger partial charge in [-0.15, -0.1) is 12.4 Å². The maximum atomic E-state index is 13.6. The van der Waals surface area contributed by atoms with Crippen LogP contribution in [-0.2, 0) is 0 Å². The van der Waals surface area contributed by atoms with E-state index in [-0.39, 0.29) is 29.7 Å². The molecule has 1 heterocycles. The predicted octanol–water partition coefficient (Wildman–Crippen LogP) is 3.25. The van der Waals surface area contributed by atoms with E-state index < -0.39 is 0 Å². The molecule has 1 atom stereocenters. The number of hydrogen-bond acceptors (Lipinski definition) is 3. The molecule has 1 aromatic carbocycles. The van der Waals surface area contributed by atoms with E-state index in [4.69, 9.17) is 4.74 Å². The molecular weight excluding hydrogens is 291 g/mol. The Labute approximate surface area is 133 Å². The number of halogens is 2. The number of rotatable bonds is 3. The van der Waals surface area contributed by atoms with E-state index >= 15 is 0 Å². The third kappa shape index (κ3) is 4.31. The average molecular weight is 317 g/mol. The second-order valence-corrected chi connectivity index (χ2v) is 6.45. The summed E-state index contributed by atoms with van der Waals surface area (Å²) in [7, 11) is 1.51. The highest BCUT2D eigenvalue weighted by Gasteiger charge is 2.32. The number of piperazine rings is 1. The maximum absolute atomic E-state index is 13.6. The van der Waals surface area contributed by atoms with Crippen LogP contribution in [0.5, 0.6) is 5.75 Å². The molecule has 0 amide bonds. The summed E-state index contributed by atoms with van der Waals surface area (Å²) in [5.41, 5.74) is 1.21. The fourth-order valence-corrected chi connectivity index (χ4v) is 3.05. The van der Waals surface area contributed by atoms with Gasteiger partial charge in [0.1, 0.15) is 0 Å². The molecule has 0 aromatic heterocycles. The molecule has 0 bridgehead atoms. The van der Waals surface area contributed by atoms with Gasteiger partial charge in [-0.1, -0.05) is 26.8 Å². The Hall–Kier alpha value is -0.840. The minimum Gasteiger partial charge on any atom is -0.494 e. The second kappa shape index (κ2) is 7.43. The van der Waals surface area contributed by atoms with Crippen molar-refractivity contribution in [2.75, 3.05) is 33.3 Å². The minimum absolute atomic E-state index is 0. The zero-order valence-electron chi connectivity index (χ0n) is 13.3. The van der Waals surface area contributed by atoms with Crippen molar-refractivity contribution in [1.82, 2.24) is 10.2 Å². The Morgan fingerprint density at radius 2 is 1.86 bits per heavy atom. The van der Waals surface area contributed by atoms with Gasteiger partial charge in [0, 0.05) is 32.2 Å². The molecule has 1 aromatic rings. The standard InChI is InChI=1S/C16H25FN2O.ClH/c1-16(2,3)15(19-9-7-18-8-10-19)12-5-6-13(17)14(11-12)20-4;/h5-6,11,15,18H,7-10H2,1-4H3;1H/t15-;/m0./s1. The van der Waals surface area contributed by atoms with Gasteiger partial charge in [0.05, 0.1) is 7.11 Å². The molecule has 0 aliphatic carbocycles. The molecular formula is C16H26ClFN2O. The summed E-state index contributed by atoms with van der Waals surface area (Å²) in [4.78, 5) is 2.48. The topological polar surface area (TPSA) is 24.5 Å². The zero-order valence-corrected chi connectivity index (χ0v) is 14.1. The molecule has 0 spiro atoms. The van der Waals surface area contributed by atoms with Crippen molar-refractivity contribution in [2.45, 2.75) is 26.8 Å². The smallest absolute Gasteiger partial charge is 0.165 e. The third-order valence-corrected chi connectivity index (χ3v) is 3.83. The molecule has 1 aliphatic rings. The van der Waals surface area contributed by atoms with Gasteiger partial charge in [0.15, 0.2) is 11.6 Å². The highest BCUT2D eigenvalue weighted by atomic mass is 35.5. The maximum Gasteiger partial charge on any atom is 0.165 e. The van der Waals surface area contributed by atoms with Crippen molar-refractivity contribution in [3.8, 4) is 5.75 Å². The summed E-state index contributed by atoms with van der Waals surface area (Å²) < 4.78 is 18.8. The first-order valence-corrected chi connectivity index (χ1v) is 7.21. The molecule has 0 saturated carbocycles. The number of benzene rings is 1. The average Bonchev–Trinajstić information content (AvgIpc) is 2.40. The van der Waals surface area contributed by atoms with Gasteiger partial charge < -0.3 is 10.1 Å². The highest BCUT2D eigenvalue weighted by Crippen LogP contribution is 2.39. The van der Waals surface area contributed by atoms with Gasteiger partial charge in [-0.2, -0.15) is 0 Å². The van der Waals surface area contributed by atoms with Crippen LogP contribution in [0.1, 0.15) is 32.4 Å². The van der Waals surface area contributed by atoms with E-state index in [9.17, 15) is 4.39 Å². The lowest BCUT2D eigenvalue weighted by molar-refractivity contribution is 0.0860. The molecule has 0 radical (unpaired) electrons. The van der Waals surface area contributed by atoms with Crippen LogP contribution in [0.4, 0.5) is 4.39 Å². The Kier molecular flexibility index (Phi) is 6.44. The molecule has 1 aliphatic heterocycles. The molecule has 1 saturated heterocycles. The lowest BCUT2D eigenvalue weighted by Crippen LogP contribution is -2.48. The van der Waals surface area contributed by atoms with E-state index in [0.29, 0.717) is 5.75 Å². The van der Waals surface area contributed by atoms with E-state index in [1.807, 2.05) is 12.1 Å². The number of hydrogen-bond donors (Lipinski definition) is 1. The van der Waals surface area contributed by atoms with Gasteiger partial charge in [-0.3, -0.25) is 4.90 Å². The number of ether oxygens (including phenoxy) is 1. The van der Waals surface area contributed by atoms with Crippen molar-refractivity contribution in [3.05, 3.63) is 29.6 Å². The summed E-state index contributed by atoms with van der Waals surface area (Å²) >= 11 is 0. The number of nitrogens with zero attached hydrogens (tertiary/aromatic N) is 1. The summed E-state index contributed by atoms with van der Waals surface area (Å²) in [5.74, 6) is 0.0242. The van der Waals surface area contributed by atoms with Crippen LogP contribution >= 0.6 is 12.4 Å². The van der Waals surface area contributed by atoms with Gasteiger partial charge in [0.2, 0.25) is 0 Å². The van der Waals surface area contributed by atoms with E-state index in [0.717, 1.165) is 31.7 Å². The van der Waals surface area contributed by atoms with Crippen molar-refractivity contribution in [3.63, 3.8) is 0 Å². The molecule has 0 unspecified atom stereocenters. The Morgan fingerprint density at radius 1 is 1.24 bits per heavy atom. The molecule has 120 valence electrons. The monoisotopic (exact) mass is 316 g/mol. The first-order valence-electron chi connectivity index (χ1n) is 7.21. The van der Waals surface area contributed by atoms with Crippen molar-refractivity contribution >= 4 is 12.4 Å². The predicted molar refractivity (Wildman–Crippen MR) is 86.8 cm³/mol. The molecule has 21 heavy (non-hydrogen) atoms. The highest BCUT2D eigenvalue weighted by molar-refractivity contribution is 5.85. The van der Waals surface area contributed by atoms with Gasteiger partial charge >= 0.3 is 0 Å². The van der Waals surface area contributed by atoms with Crippen molar-refractivity contribution in [1.29, 1.82) is 0 Å². The Balaban J connectivity index is 0.00000220. The Bertz CT molecular complexity index is 456. The normalized spacial score (nSPS) is 18.0. The van der Waals surface area contributed by atoms with Crippen LogP contribution < -0.4 is 10.1 Å². The molecule has 2 rings (SSSR count). The van der Waals surface area contributed by atoms with Crippen LogP contribution in [0.2, 0.25) is 0 Å². The SMILES string of the molecule is COc1cc([C@H](N2CCNCC2)C(C)(C)C)ccc1F.Cl. The first-order chi connectivity index (χ1) is 9.43. The van der Waals surface area contributed by atoms with Crippen LogP contribution in [0.3, 0.4) is 0 Å². The number of methoxy groups -OCH3 is 1. The van der Waals surface area contributed by atoms with E-state index in [1.165, 1.54) is 13.2 Å². The largest absolute Gasteiger partial charge is 0.494 e. The van der Waals surface area contributed by atoms with Crippen molar-refractivity contribution in [2.24, 2.45) is 5.41 Å². The Morgan fingerprint density at radius 3 is 2.38 bits per heavy atom. The van der Waals surface area contributed by atoms with Crippen LogP contribution in [0.25, 0.3) is 0 Å². The first kappa shape index (κ1) is 18.2. The fourth-order valence-electron chi connectivity index (χ4n) is 3.05.